The lowest BCUT2D eigenvalue weighted by molar-refractivity contribution is -0.124. The van der Waals surface area contributed by atoms with Crippen molar-refractivity contribution in [2.75, 3.05) is 13.1 Å². The van der Waals surface area contributed by atoms with Crippen LogP contribution in [0.25, 0.3) is 6.08 Å². The molecule has 0 atom stereocenters. The standard InChI is InChI=1S/C21H18ClFN2O3S/c22-17-4-2-1-3-15(17)7-10-19(26)24-11-12-25-20(27)18(29-21(25)28)13-14-5-8-16(23)9-6-14/h1-6,8-9,13H,7,10-12H2,(H,24,26)/b18-13-. The van der Waals surface area contributed by atoms with Crippen molar-refractivity contribution in [3.63, 3.8) is 0 Å². The molecule has 1 N–H and O–H groups in total. The number of thioether (sulfide) groups is 1. The van der Waals surface area contributed by atoms with Gasteiger partial charge in [0.05, 0.1) is 4.91 Å². The maximum absolute atomic E-state index is 13.0. The second-order valence-electron chi connectivity index (χ2n) is 6.33. The van der Waals surface area contributed by atoms with Gasteiger partial charge >= 0.3 is 0 Å². The first-order chi connectivity index (χ1) is 13.9. The molecular formula is C21H18ClFN2O3S. The van der Waals surface area contributed by atoms with Crippen molar-refractivity contribution in [1.82, 2.24) is 10.2 Å². The number of carbonyl (C=O) groups is 3. The summed E-state index contributed by atoms with van der Waals surface area (Å²) in [5.74, 6) is -0.978. The van der Waals surface area contributed by atoms with Crippen molar-refractivity contribution in [1.29, 1.82) is 0 Å². The maximum Gasteiger partial charge on any atom is 0.293 e. The van der Waals surface area contributed by atoms with Crippen molar-refractivity contribution in [3.8, 4) is 0 Å². The summed E-state index contributed by atoms with van der Waals surface area (Å²) >= 11 is 6.90. The van der Waals surface area contributed by atoms with E-state index < -0.39 is 11.1 Å². The summed E-state index contributed by atoms with van der Waals surface area (Å²) in [6.45, 7) is 0.256. The molecule has 1 saturated heterocycles. The summed E-state index contributed by atoms with van der Waals surface area (Å²) in [5, 5.41) is 2.93. The van der Waals surface area contributed by atoms with Gasteiger partial charge in [-0.3, -0.25) is 19.3 Å². The monoisotopic (exact) mass is 432 g/mol. The maximum atomic E-state index is 13.0. The van der Waals surface area contributed by atoms with Crippen LogP contribution in [0.1, 0.15) is 17.5 Å². The van der Waals surface area contributed by atoms with Crippen LogP contribution in [0.4, 0.5) is 9.18 Å². The number of benzene rings is 2. The molecule has 0 unspecified atom stereocenters. The fourth-order valence-electron chi connectivity index (χ4n) is 2.75. The molecule has 1 fully saturated rings. The molecule has 3 amide bonds. The van der Waals surface area contributed by atoms with E-state index in [9.17, 15) is 18.8 Å². The van der Waals surface area contributed by atoms with Gasteiger partial charge in [0.1, 0.15) is 5.82 Å². The SMILES string of the molecule is O=C(CCc1ccccc1Cl)NCCN1C(=O)S/C(=C\c2ccc(F)cc2)C1=O. The van der Waals surface area contributed by atoms with Crippen molar-refractivity contribution >= 4 is 46.5 Å². The minimum absolute atomic E-state index is 0.0866. The number of rotatable bonds is 7. The Morgan fingerprint density at radius 3 is 2.59 bits per heavy atom. The van der Waals surface area contributed by atoms with E-state index in [0.717, 1.165) is 22.2 Å². The molecule has 1 heterocycles. The number of halogens is 2. The van der Waals surface area contributed by atoms with E-state index in [1.807, 2.05) is 18.2 Å². The molecule has 0 saturated carbocycles. The summed E-state index contributed by atoms with van der Waals surface area (Å²) in [5.41, 5.74) is 1.52. The Morgan fingerprint density at radius 1 is 1.14 bits per heavy atom. The normalized spacial score (nSPS) is 15.2. The molecule has 8 heteroatoms. The average molecular weight is 433 g/mol. The van der Waals surface area contributed by atoms with Crippen molar-refractivity contribution in [2.24, 2.45) is 0 Å². The Labute approximate surface area is 176 Å². The summed E-state index contributed by atoms with van der Waals surface area (Å²) in [6, 6.07) is 13.0. The first-order valence-electron chi connectivity index (χ1n) is 8.95. The minimum Gasteiger partial charge on any atom is -0.354 e. The highest BCUT2D eigenvalue weighted by Crippen LogP contribution is 2.31. The van der Waals surface area contributed by atoms with Gasteiger partial charge < -0.3 is 5.32 Å². The average Bonchev–Trinajstić information content (AvgIpc) is 2.96. The molecular weight excluding hydrogens is 415 g/mol. The summed E-state index contributed by atoms with van der Waals surface area (Å²) < 4.78 is 13.0. The number of imide groups is 1. The Morgan fingerprint density at radius 2 is 1.86 bits per heavy atom. The van der Waals surface area contributed by atoms with E-state index in [4.69, 9.17) is 11.6 Å². The first-order valence-corrected chi connectivity index (χ1v) is 10.1. The summed E-state index contributed by atoms with van der Waals surface area (Å²) in [4.78, 5) is 37.9. The Hall–Kier alpha value is -2.64. The van der Waals surface area contributed by atoms with E-state index in [1.165, 1.54) is 24.3 Å². The third kappa shape index (κ3) is 5.68. The second kappa shape index (κ2) is 9.71. The van der Waals surface area contributed by atoms with Gasteiger partial charge in [-0.2, -0.15) is 0 Å². The Balaban J connectivity index is 1.48. The van der Waals surface area contributed by atoms with Crippen LogP contribution in [-0.2, 0) is 16.0 Å². The van der Waals surface area contributed by atoms with Gasteiger partial charge in [0, 0.05) is 24.5 Å². The van der Waals surface area contributed by atoms with Crippen molar-refractivity contribution in [2.45, 2.75) is 12.8 Å². The number of nitrogens with one attached hydrogen (secondary N) is 1. The number of nitrogens with zero attached hydrogens (tertiary/aromatic N) is 1. The van der Waals surface area contributed by atoms with Crippen LogP contribution >= 0.6 is 23.4 Å². The third-order valence-electron chi connectivity index (χ3n) is 4.28. The van der Waals surface area contributed by atoms with Gasteiger partial charge in [0.2, 0.25) is 5.91 Å². The van der Waals surface area contributed by atoms with Gasteiger partial charge in [0.15, 0.2) is 0 Å². The predicted octanol–water partition coefficient (Wildman–Crippen LogP) is 4.26. The zero-order chi connectivity index (χ0) is 20.8. The molecule has 0 radical (unpaired) electrons. The smallest absolute Gasteiger partial charge is 0.293 e. The summed E-state index contributed by atoms with van der Waals surface area (Å²) in [7, 11) is 0. The van der Waals surface area contributed by atoms with Crippen LogP contribution in [0.15, 0.2) is 53.4 Å². The molecule has 0 aromatic heterocycles. The largest absolute Gasteiger partial charge is 0.354 e. The quantitative estimate of drug-likeness (QED) is 0.664. The van der Waals surface area contributed by atoms with Crippen molar-refractivity contribution in [3.05, 3.63) is 75.4 Å². The van der Waals surface area contributed by atoms with E-state index in [-0.39, 0.29) is 36.1 Å². The third-order valence-corrected chi connectivity index (χ3v) is 5.55. The Bertz CT molecular complexity index is 963. The molecule has 0 bridgehead atoms. The number of aryl methyl sites for hydroxylation is 1. The fraction of sp³-hybridized carbons (Fsp3) is 0.190. The number of hydrogen-bond acceptors (Lipinski definition) is 4. The lowest BCUT2D eigenvalue weighted by Gasteiger charge is -2.13. The van der Waals surface area contributed by atoms with Gasteiger partial charge in [-0.25, -0.2) is 4.39 Å². The van der Waals surface area contributed by atoms with Crippen LogP contribution < -0.4 is 5.32 Å². The van der Waals surface area contributed by atoms with Crippen LogP contribution in [0.3, 0.4) is 0 Å². The molecule has 0 spiro atoms. The van der Waals surface area contributed by atoms with Gasteiger partial charge in [-0.15, -0.1) is 0 Å². The zero-order valence-corrected chi connectivity index (χ0v) is 16.9. The lowest BCUT2D eigenvalue weighted by atomic mass is 10.1. The highest BCUT2D eigenvalue weighted by molar-refractivity contribution is 8.18. The molecule has 1 aliphatic heterocycles. The molecule has 5 nitrogen and oxygen atoms in total. The molecule has 1 aliphatic rings. The minimum atomic E-state index is -0.422. The molecule has 0 aliphatic carbocycles. The summed E-state index contributed by atoms with van der Waals surface area (Å²) in [6.07, 6.45) is 2.32. The van der Waals surface area contributed by atoms with Gasteiger partial charge in [-0.1, -0.05) is 41.9 Å². The predicted molar refractivity (Wildman–Crippen MR) is 112 cm³/mol. The molecule has 3 rings (SSSR count). The number of hydrogen-bond donors (Lipinski definition) is 1. The van der Waals surface area contributed by atoms with Crippen LogP contribution in [0, 0.1) is 5.82 Å². The van der Waals surface area contributed by atoms with Gasteiger partial charge in [-0.05, 0) is 53.6 Å². The molecule has 150 valence electrons. The highest BCUT2D eigenvalue weighted by atomic mass is 35.5. The van der Waals surface area contributed by atoms with E-state index in [1.54, 1.807) is 12.1 Å². The zero-order valence-electron chi connectivity index (χ0n) is 15.4. The number of amides is 3. The second-order valence-corrected chi connectivity index (χ2v) is 7.73. The fourth-order valence-corrected chi connectivity index (χ4v) is 3.84. The molecule has 2 aromatic carbocycles. The van der Waals surface area contributed by atoms with Crippen LogP contribution in [0.5, 0.6) is 0 Å². The molecule has 29 heavy (non-hydrogen) atoms. The topological polar surface area (TPSA) is 66.5 Å². The van der Waals surface area contributed by atoms with E-state index >= 15 is 0 Å². The van der Waals surface area contributed by atoms with Gasteiger partial charge in [0.25, 0.3) is 11.1 Å². The number of carbonyl (C=O) groups excluding carboxylic acids is 3. The van der Waals surface area contributed by atoms with Crippen LogP contribution in [0.2, 0.25) is 5.02 Å². The first kappa shape index (κ1) is 21.1. The van der Waals surface area contributed by atoms with Crippen LogP contribution in [-0.4, -0.2) is 35.0 Å². The van der Waals surface area contributed by atoms with E-state index in [2.05, 4.69) is 5.32 Å². The Kier molecular flexibility index (Phi) is 7.06. The van der Waals surface area contributed by atoms with Crippen molar-refractivity contribution < 1.29 is 18.8 Å². The highest BCUT2D eigenvalue weighted by Gasteiger charge is 2.34. The van der Waals surface area contributed by atoms with E-state index in [0.29, 0.717) is 17.0 Å². The lowest BCUT2D eigenvalue weighted by Crippen LogP contribution is -2.37. The molecule has 2 aromatic rings.